The minimum Gasteiger partial charge on any atom is -0.467 e. The molecule has 0 spiro atoms. The summed E-state index contributed by atoms with van der Waals surface area (Å²) in [7, 11) is -2.84. The second kappa shape index (κ2) is 13.6. The van der Waals surface area contributed by atoms with Crippen molar-refractivity contribution >= 4 is 62.0 Å². The van der Waals surface area contributed by atoms with Crippen LogP contribution in [-0.4, -0.2) is 61.6 Å². The third-order valence-corrected chi connectivity index (χ3v) is 10.5. The lowest BCUT2D eigenvalue weighted by atomic mass is 10.0. The van der Waals surface area contributed by atoms with E-state index < -0.39 is 40.0 Å². The Bertz CT molecular complexity index is 2080. The maximum absolute atomic E-state index is 13.7. The van der Waals surface area contributed by atoms with Crippen molar-refractivity contribution in [1.82, 2.24) is 9.62 Å². The molecule has 0 saturated carbocycles. The number of thiol groups is 1. The molecule has 1 aliphatic rings. The van der Waals surface area contributed by atoms with E-state index in [2.05, 4.69) is 17.9 Å². The van der Waals surface area contributed by atoms with Crippen LogP contribution in [0.25, 0.3) is 21.5 Å². The summed E-state index contributed by atoms with van der Waals surface area (Å²) in [4.78, 5) is 39.2. The number of hydrogen-bond donors (Lipinski definition) is 2. The van der Waals surface area contributed by atoms with Crippen LogP contribution >= 0.6 is 12.6 Å². The van der Waals surface area contributed by atoms with Gasteiger partial charge in [0.15, 0.2) is 0 Å². The molecule has 1 aliphatic heterocycles. The van der Waals surface area contributed by atoms with Crippen molar-refractivity contribution < 1.29 is 32.3 Å². The van der Waals surface area contributed by atoms with E-state index in [9.17, 15) is 22.8 Å². The van der Waals surface area contributed by atoms with Crippen molar-refractivity contribution in [2.24, 2.45) is 0 Å². The summed E-state index contributed by atoms with van der Waals surface area (Å²) >= 11 is 4.50. The molecule has 6 rings (SSSR count). The highest BCUT2D eigenvalue weighted by molar-refractivity contribution is 7.89. The van der Waals surface area contributed by atoms with Crippen LogP contribution < -0.4 is 10.1 Å². The zero-order valence-electron chi connectivity index (χ0n) is 25.4. The first-order valence-corrected chi connectivity index (χ1v) is 16.9. The molecule has 9 nitrogen and oxygen atoms in total. The second-order valence-corrected chi connectivity index (χ2v) is 14.0. The third kappa shape index (κ3) is 7.02. The van der Waals surface area contributed by atoms with Gasteiger partial charge in [0.25, 0.3) is 0 Å². The number of fused-ring (bicyclic) bond motifs is 2. The smallest absolute Gasteiger partial charge is 0.343 e. The molecular formula is C36H32N2O7S2. The van der Waals surface area contributed by atoms with Gasteiger partial charge in [-0.3, -0.25) is 4.79 Å². The quantitative estimate of drug-likeness (QED) is 0.126. The second-order valence-electron chi connectivity index (χ2n) is 11.4. The number of carbonyl (C=O) groups excluding carboxylic acids is 3. The number of benzene rings is 5. The van der Waals surface area contributed by atoms with Gasteiger partial charge in [0.1, 0.15) is 17.8 Å². The van der Waals surface area contributed by atoms with E-state index in [1.807, 2.05) is 54.6 Å². The molecule has 47 heavy (non-hydrogen) atoms. The number of ether oxygens (including phenoxy) is 2. The number of nitrogens with one attached hydrogen (secondary N) is 1. The van der Waals surface area contributed by atoms with Gasteiger partial charge in [0, 0.05) is 18.2 Å². The highest BCUT2D eigenvalue weighted by Gasteiger charge is 2.44. The summed E-state index contributed by atoms with van der Waals surface area (Å²) < 4.78 is 39.2. The number of carbonyl (C=O) groups is 3. The first kappa shape index (κ1) is 32.2. The molecular weight excluding hydrogens is 637 g/mol. The van der Waals surface area contributed by atoms with Gasteiger partial charge in [-0.2, -0.15) is 16.9 Å². The number of esters is 2. The number of amides is 1. The Kier molecular flexibility index (Phi) is 9.31. The van der Waals surface area contributed by atoms with E-state index in [0.717, 1.165) is 25.9 Å². The van der Waals surface area contributed by atoms with Gasteiger partial charge in [0.2, 0.25) is 15.9 Å². The van der Waals surface area contributed by atoms with Crippen molar-refractivity contribution in [3.63, 3.8) is 0 Å². The average Bonchev–Trinajstić information content (AvgIpc) is 3.50. The zero-order chi connectivity index (χ0) is 33.1. The number of hydrogen-bond acceptors (Lipinski definition) is 8. The number of sulfonamides is 1. The van der Waals surface area contributed by atoms with Crippen LogP contribution in [0.1, 0.15) is 22.3 Å². The predicted octanol–water partition coefficient (Wildman–Crippen LogP) is 5.17. The van der Waals surface area contributed by atoms with Crippen molar-refractivity contribution in [3.05, 3.63) is 120 Å². The Balaban J connectivity index is 1.14. The minimum absolute atomic E-state index is 0.0403. The number of nitrogens with zero attached hydrogens (tertiary/aromatic N) is 1. The molecule has 0 aliphatic carbocycles. The summed E-state index contributed by atoms with van der Waals surface area (Å²) in [6, 6.07) is 29.7. The van der Waals surface area contributed by atoms with Gasteiger partial charge < -0.3 is 14.8 Å². The lowest BCUT2D eigenvalue weighted by Gasteiger charge is -2.25. The first-order valence-electron chi connectivity index (χ1n) is 15.0. The molecule has 1 heterocycles. The van der Waals surface area contributed by atoms with E-state index in [4.69, 9.17) is 9.47 Å². The van der Waals surface area contributed by atoms with Gasteiger partial charge in [-0.1, -0.05) is 72.8 Å². The van der Waals surface area contributed by atoms with Gasteiger partial charge in [-0.25, -0.2) is 18.0 Å². The van der Waals surface area contributed by atoms with Crippen LogP contribution in [-0.2, 0) is 30.8 Å². The highest BCUT2D eigenvalue weighted by atomic mass is 32.2. The van der Waals surface area contributed by atoms with Crippen LogP contribution in [0.2, 0.25) is 0 Å². The molecule has 1 N–H and O–H groups in total. The predicted molar refractivity (Wildman–Crippen MR) is 182 cm³/mol. The third-order valence-electron chi connectivity index (χ3n) is 8.22. The Morgan fingerprint density at radius 2 is 1.47 bits per heavy atom. The summed E-state index contributed by atoms with van der Waals surface area (Å²) in [5, 5.41) is 5.92. The lowest BCUT2D eigenvalue weighted by molar-refractivity contribution is -0.145. The first-order chi connectivity index (χ1) is 22.6. The maximum Gasteiger partial charge on any atom is 0.343 e. The molecule has 1 amide bonds. The highest BCUT2D eigenvalue weighted by Crippen LogP contribution is 2.31. The van der Waals surface area contributed by atoms with Crippen LogP contribution in [0.3, 0.4) is 0 Å². The van der Waals surface area contributed by atoms with Crippen molar-refractivity contribution in [2.75, 3.05) is 13.7 Å². The van der Waals surface area contributed by atoms with Gasteiger partial charge in [-0.05, 0) is 69.9 Å². The molecule has 0 aromatic heterocycles. The molecule has 1 fully saturated rings. The summed E-state index contributed by atoms with van der Waals surface area (Å²) in [6.07, 6.45) is 0.235. The lowest BCUT2D eigenvalue weighted by Crippen LogP contribution is -2.51. The minimum atomic E-state index is -4.06. The van der Waals surface area contributed by atoms with Gasteiger partial charge in [0.05, 0.1) is 17.6 Å². The van der Waals surface area contributed by atoms with E-state index in [1.165, 1.54) is 13.2 Å². The van der Waals surface area contributed by atoms with Crippen LogP contribution in [0, 0.1) is 0 Å². The normalized spacial score (nSPS) is 17.3. The van der Waals surface area contributed by atoms with Gasteiger partial charge in [-0.15, -0.1) is 0 Å². The molecule has 5 aromatic rings. The maximum atomic E-state index is 13.7. The molecule has 1 saturated heterocycles. The Morgan fingerprint density at radius 3 is 2.13 bits per heavy atom. The molecule has 1 unspecified atom stereocenters. The van der Waals surface area contributed by atoms with E-state index in [1.54, 1.807) is 48.5 Å². The fourth-order valence-corrected chi connectivity index (χ4v) is 7.93. The van der Waals surface area contributed by atoms with E-state index in [-0.39, 0.29) is 29.5 Å². The average molecular weight is 669 g/mol. The van der Waals surface area contributed by atoms with Crippen molar-refractivity contribution in [3.8, 4) is 5.75 Å². The van der Waals surface area contributed by atoms with Crippen LogP contribution in [0.4, 0.5) is 0 Å². The summed E-state index contributed by atoms with van der Waals surface area (Å²) in [5.74, 6) is -1.51. The Labute approximate surface area is 277 Å². The largest absolute Gasteiger partial charge is 0.467 e. The Morgan fingerprint density at radius 1 is 0.851 bits per heavy atom. The number of rotatable bonds is 9. The SMILES string of the molecule is COC(=O)C(Cc1ccc(OC(=O)c2ccc3ccccc3c2)cc1)NC(=O)[C@@H]1C[C@H](S)CN1S(=O)(=O)c1ccc2ccccc2c1. The Hall–Kier alpha value is -4.71. The van der Waals surface area contributed by atoms with Crippen molar-refractivity contribution in [2.45, 2.75) is 35.1 Å². The summed E-state index contributed by atoms with van der Waals surface area (Å²) in [5.41, 5.74) is 1.07. The topological polar surface area (TPSA) is 119 Å². The molecule has 3 atom stereocenters. The van der Waals surface area contributed by atoms with E-state index >= 15 is 0 Å². The molecule has 11 heteroatoms. The fraction of sp³-hybridized carbons (Fsp3) is 0.194. The fourth-order valence-electron chi connectivity index (χ4n) is 5.77. The number of methoxy groups -OCH3 is 1. The van der Waals surface area contributed by atoms with Crippen LogP contribution in [0.15, 0.2) is 114 Å². The summed E-state index contributed by atoms with van der Waals surface area (Å²) in [6.45, 7) is 0.0403. The molecule has 0 radical (unpaired) electrons. The van der Waals surface area contributed by atoms with Gasteiger partial charge >= 0.3 is 11.9 Å². The van der Waals surface area contributed by atoms with Crippen LogP contribution in [0.5, 0.6) is 5.75 Å². The standard InChI is InChI=1S/C36H32N2O7S2/c1-44-36(41)32(18-23-10-15-29(16-11-23)45-35(40)28-13-12-24-6-2-4-8-26(24)19-28)37-34(39)33-21-30(46)22-38(33)47(42,43)31-17-14-25-7-3-5-9-27(25)20-31/h2-17,19-20,30,32-33,46H,18,21-22H2,1H3,(H,37,39)/t30-,32?,33-/m0/s1. The molecule has 5 aromatic carbocycles. The van der Waals surface area contributed by atoms with Crippen molar-refractivity contribution in [1.29, 1.82) is 0 Å². The monoisotopic (exact) mass is 668 g/mol. The molecule has 0 bridgehead atoms. The zero-order valence-corrected chi connectivity index (χ0v) is 27.1. The molecule has 240 valence electrons. The van der Waals surface area contributed by atoms with E-state index in [0.29, 0.717) is 16.9 Å².